The van der Waals surface area contributed by atoms with E-state index in [9.17, 15) is 44.4 Å². The zero-order chi connectivity index (χ0) is 68.9. The summed E-state index contributed by atoms with van der Waals surface area (Å²) in [6.07, 6.45) is -13.0. The van der Waals surface area contributed by atoms with E-state index in [1.807, 2.05) is 64.1 Å². The first-order valence-electron chi connectivity index (χ1n) is 30.9. The normalized spacial score (nSPS) is 35.5. The number of carbonyl (C=O) groups excluding carboxylic acids is 5. The van der Waals surface area contributed by atoms with Crippen molar-refractivity contribution in [2.24, 2.45) is 11.3 Å². The molecule has 522 valence electrons. The molecule has 0 radical (unpaired) electrons. The lowest BCUT2D eigenvalue weighted by Gasteiger charge is -2.48. The summed E-state index contributed by atoms with van der Waals surface area (Å²) in [7, 11) is 9.72. The van der Waals surface area contributed by atoms with Crippen LogP contribution < -0.4 is 25.0 Å². The third-order valence-electron chi connectivity index (χ3n) is 17.3. The van der Waals surface area contributed by atoms with E-state index in [0.717, 1.165) is 18.9 Å². The second-order valence-corrected chi connectivity index (χ2v) is 30.6. The quantitative estimate of drug-likeness (QED) is 0.0156. The summed E-state index contributed by atoms with van der Waals surface area (Å²) >= 11 is 2.84. The number of hydroxylamine groups is 1. The van der Waals surface area contributed by atoms with Gasteiger partial charge in [-0.3, -0.25) is 24.0 Å². The SMILES string of the molecule is CCN(C(C)=O)C1COC(OC2C(O[C@H]3C#C/C=C\C#C[C@]4(O)CC(=O)[C@@H](NC(=O)OC)C3/C4=C\CSSC(C)(C)CC(=O)C(C)(C)C)OC(C)C(NOC3CC(O)C(SC(=O)c4c(C)c(I)c(OC5OC6OC6C(OC)C5O)c(OC)c4OC)C(C)O3)C2O)CC1OC. The molecule has 21 atom stereocenters. The summed E-state index contributed by atoms with van der Waals surface area (Å²) in [5, 5.41) is 49.5. The van der Waals surface area contributed by atoms with Gasteiger partial charge in [0, 0.05) is 68.8 Å². The molecule has 94 heavy (non-hydrogen) atoms. The van der Waals surface area contributed by atoms with Crippen molar-refractivity contribution in [2.45, 2.75) is 221 Å². The van der Waals surface area contributed by atoms with E-state index in [0.29, 0.717) is 15.7 Å². The third kappa shape index (κ3) is 17.4. The van der Waals surface area contributed by atoms with Crippen molar-refractivity contribution in [3.8, 4) is 40.9 Å². The zero-order valence-corrected chi connectivity index (χ0v) is 59.9. The number of aliphatic hydroxyl groups excluding tert-OH is 3. The van der Waals surface area contributed by atoms with Crippen molar-refractivity contribution in [1.29, 1.82) is 0 Å². The van der Waals surface area contributed by atoms with E-state index in [1.165, 1.54) is 69.1 Å². The van der Waals surface area contributed by atoms with Crippen LogP contribution in [0.4, 0.5) is 4.79 Å². The number of ketones is 2. The minimum absolute atomic E-state index is 0.0198. The van der Waals surface area contributed by atoms with Gasteiger partial charge in [-0.1, -0.05) is 83.9 Å². The molecule has 0 aromatic heterocycles. The maximum atomic E-state index is 14.5. The monoisotopic (exact) mass is 1490 g/mol. The number of amides is 2. The number of epoxide rings is 1. The smallest absolute Gasteiger partial charge is 0.407 e. The van der Waals surface area contributed by atoms with Gasteiger partial charge < -0.3 is 92.2 Å². The molecule has 6 N–H and O–H groups in total. The Bertz CT molecular complexity index is 3100. The molecule has 1 aromatic rings. The molecule has 7 aliphatic rings. The first kappa shape index (κ1) is 75.9. The predicted molar refractivity (Wildman–Crippen MR) is 352 cm³/mol. The highest BCUT2D eigenvalue weighted by Gasteiger charge is 2.59. The molecule has 6 fully saturated rings. The van der Waals surface area contributed by atoms with Crippen LogP contribution in [0.2, 0.25) is 0 Å². The Labute approximate surface area is 574 Å². The molecule has 5 heterocycles. The van der Waals surface area contributed by atoms with Gasteiger partial charge in [-0.15, -0.1) is 0 Å². The average molecular weight is 1490 g/mol. The number of hydrogen-bond donors (Lipinski definition) is 6. The lowest BCUT2D eigenvalue weighted by molar-refractivity contribution is -0.340. The number of likely N-dealkylation sites (N-methyl/N-ethyl adjacent to an activating group) is 1. The fraction of sp³-hybridized carbons (Fsp3) is 0.703. The van der Waals surface area contributed by atoms with Crippen molar-refractivity contribution >= 4 is 84.6 Å². The predicted octanol–water partition coefficient (Wildman–Crippen LogP) is 4.67. The van der Waals surface area contributed by atoms with Gasteiger partial charge in [-0.2, -0.15) is 5.48 Å². The highest BCUT2D eigenvalue weighted by Crippen LogP contribution is 2.50. The van der Waals surface area contributed by atoms with E-state index < -0.39 is 161 Å². The number of benzene rings is 1. The molecule has 1 saturated carbocycles. The molecule has 2 amide bonds. The van der Waals surface area contributed by atoms with Crippen LogP contribution in [0.5, 0.6) is 17.2 Å². The van der Waals surface area contributed by atoms with Crippen LogP contribution in [0, 0.1) is 45.5 Å². The highest BCUT2D eigenvalue weighted by atomic mass is 127. The molecule has 2 aliphatic carbocycles. The second kappa shape index (κ2) is 32.4. The van der Waals surface area contributed by atoms with Crippen LogP contribution in [0.25, 0.3) is 0 Å². The fourth-order valence-electron chi connectivity index (χ4n) is 12.2. The minimum atomic E-state index is -2.10. The Balaban J connectivity index is 1.04. The second-order valence-electron chi connectivity index (χ2n) is 25.4. The number of thioether (sulfide) groups is 1. The van der Waals surface area contributed by atoms with Crippen LogP contribution in [0.3, 0.4) is 0 Å². The number of rotatable bonds is 24. The average Bonchev–Trinajstić information content (AvgIpc) is 1.14. The number of Topliss-reactive ketones (excluding diaryl/α,β-unsaturated/α-hetero) is 2. The van der Waals surface area contributed by atoms with Crippen molar-refractivity contribution in [1.82, 2.24) is 15.7 Å². The Hall–Kier alpha value is -3.85. The first-order chi connectivity index (χ1) is 44.4. The van der Waals surface area contributed by atoms with Crippen molar-refractivity contribution in [3.05, 3.63) is 38.5 Å². The number of fused-ring (bicyclic) bond motifs is 3. The van der Waals surface area contributed by atoms with Gasteiger partial charge >= 0.3 is 6.09 Å². The number of carbonyl (C=O) groups is 5. The molecule has 0 spiro atoms. The Morgan fingerprint density at radius 2 is 1.60 bits per heavy atom. The molecular weight excluding hydrogens is 1400 g/mol. The van der Waals surface area contributed by atoms with E-state index in [1.54, 1.807) is 31.7 Å². The standard InChI is InChI=1S/C64H88IN3O23S3/c1-16-68(33(5)69)35-29-83-41(26-39(35)78-11)87-53-48(73)46(67-91-42-25-36(70)56(32(4)84-42)93-57(75)43-30(2)45(65)51(54(81-14)50(43)79-12)88-58-49(74)52(80-13)55-60(89-55)90-58)31(3)85-59(53)86-38-21-19-17-18-20-23-64(77)27-37(71)47(66-61(76)82-15)44(38)34(64)22-24-92-94-63(9,10)28-40(72)62(6,7)8/h17-18,22,31-32,35-36,38-39,41-42,44,46-49,52-53,55-56,58-60,67,70,73-74,77H,16,24-29H2,1-15H3,(H,66,76)/b18-17-,34-22+/t31?,32?,35?,36?,38-,39?,41?,42?,44?,46?,47+,48?,49?,52?,53?,55?,56?,58?,59?,60?,64-/m0/s1. The van der Waals surface area contributed by atoms with Gasteiger partial charge in [0.1, 0.15) is 48.4 Å². The number of hydrogen-bond acceptors (Lipinski definition) is 27. The molecule has 5 saturated heterocycles. The van der Waals surface area contributed by atoms with Crippen molar-refractivity contribution < 1.29 is 111 Å². The summed E-state index contributed by atoms with van der Waals surface area (Å²) in [6, 6.07) is -3.06. The molecule has 30 heteroatoms. The fourth-order valence-corrected chi connectivity index (χ4v) is 16.4. The van der Waals surface area contributed by atoms with E-state index in [-0.39, 0.29) is 71.7 Å². The van der Waals surface area contributed by atoms with Crippen LogP contribution in [-0.2, 0) is 66.6 Å². The van der Waals surface area contributed by atoms with E-state index in [2.05, 4.69) is 34.5 Å². The lowest BCUT2D eigenvalue weighted by atomic mass is 9.68. The molecule has 2 bridgehead atoms. The summed E-state index contributed by atoms with van der Waals surface area (Å²) in [5.74, 6) is 10.1. The van der Waals surface area contributed by atoms with Gasteiger partial charge in [0.05, 0.1) is 85.2 Å². The highest BCUT2D eigenvalue weighted by molar-refractivity contribution is 14.1. The Morgan fingerprint density at radius 1 is 0.883 bits per heavy atom. The number of alkyl carbamates (subject to hydrolysis) is 1. The van der Waals surface area contributed by atoms with Crippen LogP contribution in [-0.4, -0.2) is 235 Å². The number of nitrogens with zero attached hydrogens (tertiary/aromatic N) is 1. The van der Waals surface area contributed by atoms with Crippen LogP contribution >= 0.6 is 55.9 Å². The number of aliphatic hydroxyl groups is 4. The molecule has 1 aromatic carbocycles. The lowest BCUT2D eigenvalue weighted by Crippen LogP contribution is -2.66. The van der Waals surface area contributed by atoms with Crippen LogP contribution in [0.15, 0.2) is 23.8 Å². The Kier molecular flexibility index (Phi) is 26.2. The van der Waals surface area contributed by atoms with E-state index >= 15 is 0 Å². The summed E-state index contributed by atoms with van der Waals surface area (Å²) in [4.78, 5) is 75.8. The minimum Gasteiger partial charge on any atom is -0.492 e. The number of halogens is 1. The van der Waals surface area contributed by atoms with Crippen molar-refractivity contribution in [2.75, 3.05) is 54.5 Å². The molecule has 26 nitrogen and oxygen atoms in total. The molecule has 8 rings (SSSR count). The van der Waals surface area contributed by atoms with Gasteiger partial charge in [-0.05, 0) is 87.4 Å². The maximum Gasteiger partial charge on any atom is 0.407 e. The van der Waals surface area contributed by atoms with Gasteiger partial charge in [0.25, 0.3) is 0 Å². The van der Waals surface area contributed by atoms with Crippen LogP contribution in [0.1, 0.15) is 104 Å². The summed E-state index contributed by atoms with van der Waals surface area (Å²) in [5.41, 5.74) is 1.03. The number of methoxy groups -OCH3 is 5. The maximum absolute atomic E-state index is 14.5. The third-order valence-corrected chi connectivity index (χ3v) is 23.2. The largest absolute Gasteiger partial charge is 0.492 e. The van der Waals surface area contributed by atoms with Gasteiger partial charge in [0.2, 0.25) is 23.1 Å². The summed E-state index contributed by atoms with van der Waals surface area (Å²) < 4.78 is 78.3. The van der Waals surface area contributed by atoms with Crippen molar-refractivity contribution in [3.63, 3.8) is 0 Å². The van der Waals surface area contributed by atoms with Gasteiger partial charge in [-0.25, -0.2) is 4.79 Å². The number of ether oxygens (including phenoxy) is 13. The number of allylic oxidation sites excluding steroid dienone is 2. The van der Waals surface area contributed by atoms with E-state index in [4.69, 9.17) is 66.4 Å². The van der Waals surface area contributed by atoms with Gasteiger partial charge in [0.15, 0.2) is 48.0 Å². The molecule has 18 unspecified atom stereocenters. The summed E-state index contributed by atoms with van der Waals surface area (Å²) in [6.45, 7) is 18.2. The Morgan fingerprint density at radius 3 is 2.23 bits per heavy atom. The first-order valence-corrected chi connectivity index (χ1v) is 35.2. The zero-order valence-electron chi connectivity index (χ0n) is 55.3. The molecule has 5 aliphatic heterocycles. The topological polar surface area (TPSA) is 326 Å². The molecular formula is C64H88IN3O23S3. The number of nitrogens with one attached hydrogen (secondary N) is 2.